The van der Waals surface area contributed by atoms with Crippen LogP contribution in [0, 0.1) is 0 Å². The van der Waals surface area contributed by atoms with Gasteiger partial charge in [0.15, 0.2) is 10.8 Å². The van der Waals surface area contributed by atoms with Crippen molar-refractivity contribution in [3.8, 4) is 0 Å². The molecule has 2 aromatic rings. The molecule has 0 spiro atoms. The molecule has 0 unspecified atom stereocenters. The topological polar surface area (TPSA) is 26.0 Å². The second-order valence-corrected chi connectivity index (χ2v) is 3.21. The van der Waals surface area contributed by atoms with Gasteiger partial charge in [0, 0.05) is 5.69 Å². The van der Waals surface area contributed by atoms with Gasteiger partial charge in [-0.15, -0.1) is 0 Å². The summed E-state index contributed by atoms with van der Waals surface area (Å²) in [5.41, 5.74) is 6.18. The summed E-state index contributed by atoms with van der Waals surface area (Å²) >= 11 is 1.70. The summed E-state index contributed by atoms with van der Waals surface area (Å²) < 4.78 is 0. The molecule has 1 aromatic heterocycles. The normalized spacial score (nSPS) is 8.31. The van der Waals surface area contributed by atoms with Crippen LogP contribution in [-0.2, 0) is 0 Å². The van der Waals surface area contributed by atoms with Gasteiger partial charge in [-0.25, -0.2) is 0 Å². The summed E-state index contributed by atoms with van der Waals surface area (Å²) in [5.74, 6) is 0. The lowest BCUT2D eigenvalue weighted by molar-refractivity contribution is 1.69. The van der Waals surface area contributed by atoms with E-state index in [1.54, 1.807) is 11.3 Å². The van der Waals surface area contributed by atoms with Crippen LogP contribution in [0.1, 0.15) is 0 Å². The smallest absolute Gasteiger partial charge is 0.211 e. The van der Waals surface area contributed by atoms with Crippen LogP contribution in [0.25, 0.3) is 0 Å². The molecule has 0 atom stereocenters. The highest BCUT2D eigenvalue weighted by Crippen LogP contribution is 1.95. The number of anilines is 1. The highest BCUT2D eigenvalue weighted by atomic mass is 32.1. The number of nitrogen functional groups attached to an aromatic ring is 1. The predicted octanol–water partition coefficient (Wildman–Crippen LogP) is 3.30. The van der Waals surface area contributed by atoms with Crippen LogP contribution in [0.4, 0.5) is 5.69 Å². The molecule has 0 aliphatic heterocycles. The fraction of sp³-hybridized carbons (Fsp3) is 0. The van der Waals surface area contributed by atoms with Crippen molar-refractivity contribution in [3.63, 3.8) is 0 Å². The quantitative estimate of drug-likeness (QED) is 0.500. The first-order valence-corrected chi connectivity index (χ1v) is 4.95. The Morgan fingerprint density at radius 1 is 0.769 bits per heavy atom. The molecule has 1 aromatic carbocycles. The van der Waals surface area contributed by atoms with E-state index in [1.165, 1.54) is 0 Å². The number of hydrogen-bond donors (Lipinski definition) is 1. The molecule has 1 nitrogen and oxygen atoms in total. The number of hydrogen-bond acceptors (Lipinski definition) is 1. The van der Waals surface area contributed by atoms with Gasteiger partial charge >= 0.3 is 0 Å². The molecule has 13 heavy (non-hydrogen) atoms. The standard InChI is InChI=1S/C6H7N.C5H5S/c7-6-4-2-1-3-5-6;1-2-4-6-5-3-1/h1-5H,7H2;1-5H/q;+1. The predicted molar refractivity (Wildman–Crippen MR) is 59.6 cm³/mol. The van der Waals surface area contributed by atoms with Crippen LogP contribution in [0.15, 0.2) is 59.3 Å². The van der Waals surface area contributed by atoms with Gasteiger partial charge in [-0.1, -0.05) is 24.3 Å². The number of rotatable bonds is 0. The molecule has 0 amide bonds. The van der Waals surface area contributed by atoms with Crippen LogP contribution < -0.4 is 5.73 Å². The Kier molecular flexibility index (Phi) is 4.57. The van der Waals surface area contributed by atoms with Gasteiger partial charge in [-0.05, 0) is 24.3 Å². The van der Waals surface area contributed by atoms with Crippen LogP contribution in [0.5, 0.6) is 0 Å². The van der Waals surface area contributed by atoms with Crippen molar-refractivity contribution in [2.75, 3.05) is 5.73 Å². The summed E-state index contributed by atoms with van der Waals surface area (Å²) in [5, 5.41) is 4.08. The average Bonchev–Trinajstić information content (AvgIpc) is 2.22. The first kappa shape index (κ1) is 9.68. The van der Waals surface area contributed by atoms with E-state index >= 15 is 0 Å². The van der Waals surface area contributed by atoms with E-state index in [0.717, 1.165) is 5.69 Å². The SMILES string of the molecule is Nc1ccccc1.c1cc[s+]cc1. The molecule has 2 rings (SSSR count). The van der Waals surface area contributed by atoms with Crippen molar-refractivity contribution in [2.24, 2.45) is 0 Å². The van der Waals surface area contributed by atoms with Crippen molar-refractivity contribution in [1.82, 2.24) is 0 Å². The van der Waals surface area contributed by atoms with Crippen molar-refractivity contribution < 1.29 is 0 Å². The Balaban J connectivity index is 0.000000132. The molecule has 0 bridgehead atoms. The summed E-state index contributed by atoms with van der Waals surface area (Å²) in [6.07, 6.45) is 0. The Morgan fingerprint density at radius 2 is 1.31 bits per heavy atom. The number of para-hydroxylation sites is 1. The van der Waals surface area contributed by atoms with E-state index in [-0.39, 0.29) is 0 Å². The minimum absolute atomic E-state index is 0.822. The molecule has 0 saturated carbocycles. The first-order valence-electron chi connectivity index (χ1n) is 4.00. The number of nitrogens with two attached hydrogens (primary N) is 1. The van der Waals surface area contributed by atoms with E-state index in [2.05, 4.69) is 0 Å². The van der Waals surface area contributed by atoms with E-state index in [9.17, 15) is 0 Å². The number of benzene rings is 1. The minimum atomic E-state index is 0.822. The van der Waals surface area contributed by atoms with Gasteiger partial charge in [0.2, 0.25) is 11.3 Å². The molecule has 0 radical (unpaired) electrons. The zero-order valence-electron chi connectivity index (χ0n) is 7.26. The fourth-order valence-electron chi connectivity index (χ4n) is 0.744. The summed E-state index contributed by atoms with van der Waals surface area (Å²) in [6, 6.07) is 15.5. The lowest BCUT2D eigenvalue weighted by atomic mass is 10.3. The molecule has 66 valence electrons. The maximum Gasteiger partial charge on any atom is 0.211 e. The lowest BCUT2D eigenvalue weighted by Gasteiger charge is -1.83. The lowest BCUT2D eigenvalue weighted by Crippen LogP contribution is -1.79. The van der Waals surface area contributed by atoms with Gasteiger partial charge in [0.25, 0.3) is 0 Å². The second-order valence-electron chi connectivity index (χ2n) is 2.40. The van der Waals surface area contributed by atoms with E-state index in [1.807, 2.05) is 59.3 Å². The zero-order valence-corrected chi connectivity index (χ0v) is 8.08. The Bertz CT molecular complexity index is 281. The molecule has 0 saturated heterocycles. The highest BCUT2D eigenvalue weighted by Gasteiger charge is 1.74. The third kappa shape index (κ3) is 4.93. The van der Waals surface area contributed by atoms with Crippen molar-refractivity contribution in [3.05, 3.63) is 59.3 Å². The molecular formula is C11H12NS+. The minimum Gasteiger partial charge on any atom is -0.399 e. The molecule has 2 N–H and O–H groups in total. The summed E-state index contributed by atoms with van der Waals surface area (Å²) in [4.78, 5) is 0. The molecule has 0 aliphatic rings. The first-order chi connectivity index (χ1) is 6.39. The Labute approximate surface area is 82.5 Å². The van der Waals surface area contributed by atoms with Gasteiger partial charge in [0.05, 0.1) is 0 Å². The summed E-state index contributed by atoms with van der Waals surface area (Å²) in [7, 11) is 0. The van der Waals surface area contributed by atoms with Gasteiger partial charge in [-0.2, -0.15) is 0 Å². The molecular weight excluding hydrogens is 178 g/mol. The third-order valence-electron chi connectivity index (χ3n) is 1.34. The van der Waals surface area contributed by atoms with Crippen molar-refractivity contribution >= 4 is 17.0 Å². The van der Waals surface area contributed by atoms with Crippen LogP contribution in [0.2, 0.25) is 0 Å². The largest absolute Gasteiger partial charge is 0.399 e. The van der Waals surface area contributed by atoms with Crippen LogP contribution in [0.3, 0.4) is 0 Å². The fourth-order valence-corrected chi connectivity index (χ4v) is 1.20. The molecule has 0 aliphatic carbocycles. The maximum absolute atomic E-state index is 5.36. The van der Waals surface area contributed by atoms with Gasteiger partial charge in [-0.3, -0.25) is 0 Å². The molecule has 1 heterocycles. The van der Waals surface area contributed by atoms with Crippen LogP contribution in [-0.4, -0.2) is 0 Å². The van der Waals surface area contributed by atoms with Crippen LogP contribution >= 0.6 is 11.3 Å². The Morgan fingerprint density at radius 3 is 1.54 bits per heavy atom. The maximum atomic E-state index is 5.36. The average molecular weight is 190 g/mol. The van der Waals surface area contributed by atoms with Gasteiger partial charge < -0.3 is 5.73 Å². The van der Waals surface area contributed by atoms with E-state index < -0.39 is 0 Å². The molecule has 0 fully saturated rings. The van der Waals surface area contributed by atoms with E-state index in [4.69, 9.17) is 5.73 Å². The zero-order chi connectivity index (χ0) is 9.36. The summed E-state index contributed by atoms with van der Waals surface area (Å²) in [6.45, 7) is 0. The van der Waals surface area contributed by atoms with E-state index in [0.29, 0.717) is 0 Å². The highest BCUT2D eigenvalue weighted by molar-refractivity contribution is 7.07. The molecule has 2 heteroatoms. The van der Waals surface area contributed by atoms with Gasteiger partial charge in [0.1, 0.15) is 0 Å². The monoisotopic (exact) mass is 190 g/mol. The van der Waals surface area contributed by atoms with Crippen molar-refractivity contribution in [2.45, 2.75) is 0 Å². The van der Waals surface area contributed by atoms with Crippen molar-refractivity contribution in [1.29, 1.82) is 0 Å². The Hall–Kier alpha value is -1.41. The second kappa shape index (κ2) is 6.14. The third-order valence-corrected chi connectivity index (χ3v) is 1.96.